The van der Waals surface area contributed by atoms with Gasteiger partial charge in [0.05, 0.1) is 12.7 Å². The molecule has 100 valence electrons. The van der Waals surface area contributed by atoms with Crippen LogP contribution in [0.15, 0.2) is 0 Å². The summed E-state index contributed by atoms with van der Waals surface area (Å²) in [5.41, 5.74) is 0. The van der Waals surface area contributed by atoms with Gasteiger partial charge in [0.25, 0.3) is 0 Å². The van der Waals surface area contributed by atoms with Gasteiger partial charge in [-0.1, -0.05) is 20.8 Å². The summed E-state index contributed by atoms with van der Waals surface area (Å²) < 4.78 is 12.1. The van der Waals surface area contributed by atoms with Gasteiger partial charge in [-0.3, -0.25) is 0 Å². The van der Waals surface area contributed by atoms with Gasteiger partial charge >= 0.3 is 0 Å². The summed E-state index contributed by atoms with van der Waals surface area (Å²) in [6, 6.07) is 0.215. The molecule has 1 saturated heterocycles. The Labute approximate surface area is 109 Å². The van der Waals surface area contributed by atoms with Crippen LogP contribution in [0.2, 0.25) is 18.1 Å². The van der Waals surface area contributed by atoms with Crippen molar-refractivity contribution in [2.45, 2.75) is 63.5 Å². The summed E-state index contributed by atoms with van der Waals surface area (Å²) >= 11 is 0. The molecule has 0 saturated carbocycles. The van der Waals surface area contributed by atoms with Crippen molar-refractivity contribution in [1.29, 1.82) is 0 Å². The van der Waals surface area contributed by atoms with E-state index in [4.69, 9.17) is 9.16 Å². The minimum atomic E-state index is -1.77. The monoisotopic (exact) mass is 276 g/mol. The minimum Gasteiger partial charge on any atom is -0.411 e. The van der Waals surface area contributed by atoms with E-state index in [0.29, 0.717) is 0 Å². The second-order valence-electron chi connectivity index (χ2n) is 6.37. The van der Waals surface area contributed by atoms with Crippen LogP contribution >= 0.6 is 9.12 Å². The van der Waals surface area contributed by atoms with Crippen molar-refractivity contribution in [3.8, 4) is 0 Å². The lowest BCUT2D eigenvalue weighted by Gasteiger charge is -2.39. The van der Waals surface area contributed by atoms with Gasteiger partial charge in [0.1, 0.15) is 6.10 Å². The lowest BCUT2D eigenvalue weighted by molar-refractivity contribution is -0.000395. The number of hydrogen-bond donors (Lipinski definition) is 1. The standard InChI is InChI=1S/C11H26BO3PSi/c1-11(2,3)17(4,5)15-8-6-10(12-16)14-9(8)7-13/h8-10,12-13H,6-7,16H2,1-5H3/t8?,9-,10-/m1/s1. The van der Waals surface area contributed by atoms with Crippen molar-refractivity contribution in [2.24, 2.45) is 0 Å². The van der Waals surface area contributed by atoms with E-state index in [1.807, 2.05) is 0 Å². The van der Waals surface area contributed by atoms with Crippen LogP contribution in [0.3, 0.4) is 0 Å². The van der Waals surface area contributed by atoms with Crippen molar-refractivity contribution in [3.63, 3.8) is 0 Å². The molecular weight excluding hydrogens is 250 g/mol. The SMILES string of the molecule is CC(C)(C)[Si](C)(C)OC1C[C@H](BP)O[C@@H]1CO. The van der Waals surface area contributed by atoms with Crippen LogP contribution in [0.1, 0.15) is 27.2 Å². The Morgan fingerprint density at radius 2 is 2.06 bits per heavy atom. The van der Waals surface area contributed by atoms with Gasteiger partial charge in [0.2, 0.25) is 0 Å². The Balaban J connectivity index is 2.67. The number of aliphatic hydroxyl groups excluding tert-OH is 1. The quantitative estimate of drug-likeness (QED) is 0.627. The molecule has 17 heavy (non-hydrogen) atoms. The molecule has 1 aliphatic heterocycles. The van der Waals surface area contributed by atoms with Crippen LogP contribution in [0.5, 0.6) is 0 Å². The van der Waals surface area contributed by atoms with E-state index in [0.717, 1.165) is 13.4 Å². The van der Waals surface area contributed by atoms with E-state index in [-0.39, 0.29) is 29.9 Å². The second kappa shape index (κ2) is 5.70. The van der Waals surface area contributed by atoms with E-state index < -0.39 is 8.32 Å². The maximum absolute atomic E-state index is 9.35. The highest BCUT2D eigenvalue weighted by atomic mass is 31.0. The zero-order chi connectivity index (χ0) is 13.3. The average Bonchev–Trinajstić information content (AvgIpc) is 2.58. The summed E-state index contributed by atoms with van der Waals surface area (Å²) in [4.78, 5) is 0. The molecule has 1 rings (SSSR count). The Morgan fingerprint density at radius 1 is 1.47 bits per heavy atom. The molecule has 0 aromatic carbocycles. The minimum absolute atomic E-state index is 0.0560. The van der Waals surface area contributed by atoms with Gasteiger partial charge in [-0.2, -0.15) is 9.12 Å². The van der Waals surface area contributed by atoms with Crippen molar-refractivity contribution >= 4 is 24.4 Å². The number of ether oxygens (including phenoxy) is 1. The highest BCUT2D eigenvalue weighted by Crippen LogP contribution is 2.39. The number of aliphatic hydroxyl groups is 1. The predicted octanol–water partition coefficient (Wildman–Crippen LogP) is 1.71. The van der Waals surface area contributed by atoms with Crippen molar-refractivity contribution in [2.75, 3.05) is 6.61 Å². The first kappa shape index (κ1) is 15.6. The van der Waals surface area contributed by atoms with E-state index in [9.17, 15) is 5.11 Å². The molecule has 0 aromatic rings. The third-order valence-electron chi connectivity index (χ3n) is 3.97. The fourth-order valence-electron chi connectivity index (χ4n) is 1.79. The van der Waals surface area contributed by atoms with Crippen molar-refractivity contribution in [3.05, 3.63) is 0 Å². The molecule has 0 radical (unpaired) electrons. The van der Waals surface area contributed by atoms with Crippen LogP contribution in [0.4, 0.5) is 0 Å². The summed E-state index contributed by atoms with van der Waals surface area (Å²) in [5.74, 6) is 0. The molecule has 1 fully saturated rings. The fraction of sp³-hybridized carbons (Fsp3) is 1.00. The predicted molar refractivity (Wildman–Crippen MR) is 79.3 cm³/mol. The molecule has 0 bridgehead atoms. The molecule has 3 nitrogen and oxygen atoms in total. The van der Waals surface area contributed by atoms with Crippen LogP contribution in [-0.2, 0) is 9.16 Å². The highest BCUT2D eigenvalue weighted by molar-refractivity contribution is 7.55. The van der Waals surface area contributed by atoms with Crippen LogP contribution in [0, 0.1) is 0 Å². The van der Waals surface area contributed by atoms with Crippen molar-refractivity contribution < 1.29 is 14.3 Å². The topological polar surface area (TPSA) is 38.7 Å². The molecule has 1 N–H and O–H groups in total. The van der Waals surface area contributed by atoms with E-state index >= 15 is 0 Å². The first-order chi connectivity index (χ1) is 7.71. The fourth-order valence-corrected chi connectivity index (χ4v) is 3.45. The van der Waals surface area contributed by atoms with Gasteiger partial charge in [-0.05, 0) is 24.6 Å². The van der Waals surface area contributed by atoms with E-state index in [1.165, 1.54) is 0 Å². The normalized spacial score (nSPS) is 30.6. The second-order valence-corrected chi connectivity index (χ2v) is 11.6. The maximum Gasteiger partial charge on any atom is 0.192 e. The largest absolute Gasteiger partial charge is 0.411 e. The average molecular weight is 276 g/mol. The molecule has 1 aliphatic rings. The number of rotatable bonds is 4. The Hall–Kier alpha value is 0.592. The molecule has 1 heterocycles. The Bertz CT molecular complexity index is 258. The smallest absolute Gasteiger partial charge is 0.192 e. The first-order valence-electron chi connectivity index (χ1n) is 6.35. The van der Waals surface area contributed by atoms with Gasteiger partial charge in [-0.25, -0.2) is 0 Å². The van der Waals surface area contributed by atoms with Crippen LogP contribution in [0.25, 0.3) is 0 Å². The number of hydrogen-bond acceptors (Lipinski definition) is 3. The Morgan fingerprint density at radius 3 is 2.47 bits per heavy atom. The zero-order valence-electron chi connectivity index (χ0n) is 11.7. The van der Waals surface area contributed by atoms with Crippen molar-refractivity contribution in [1.82, 2.24) is 0 Å². The molecule has 6 heteroatoms. The summed E-state index contributed by atoms with van der Waals surface area (Å²) in [7, 11) is 0.933. The summed E-state index contributed by atoms with van der Waals surface area (Å²) in [6.07, 6.45) is 0.822. The summed E-state index contributed by atoms with van der Waals surface area (Å²) in [6.45, 7) is 12.2. The molecule has 0 aliphatic carbocycles. The molecule has 0 amide bonds. The van der Waals surface area contributed by atoms with E-state index in [2.05, 4.69) is 43.0 Å². The lowest BCUT2D eigenvalue weighted by Crippen LogP contribution is -2.46. The molecule has 0 aromatic heterocycles. The third-order valence-corrected chi connectivity index (χ3v) is 9.00. The highest BCUT2D eigenvalue weighted by Gasteiger charge is 2.44. The van der Waals surface area contributed by atoms with Gasteiger partial charge < -0.3 is 14.3 Å². The van der Waals surface area contributed by atoms with Crippen LogP contribution in [-0.4, -0.2) is 45.2 Å². The van der Waals surface area contributed by atoms with Gasteiger partial charge in [-0.15, -0.1) is 0 Å². The molecule has 4 atom stereocenters. The Kier molecular flexibility index (Phi) is 5.25. The zero-order valence-corrected chi connectivity index (χ0v) is 13.8. The van der Waals surface area contributed by atoms with Gasteiger partial charge in [0, 0.05) is 6.00 Å². The lowest BCUT2D eigenvalue weighted by atomic mass is 9.94. The van der Waals surface area contributed by atoms with Gasteiger partial charge in [0.15, 0.2) is 15.3 Å². The molecule has 2 unspecified atom stereocenters. The first-order valence-corrected chi connectivity index (χ1v) is 10.1. The van der Waals surface area contributed by atoms with E-state index in [1.54, 1.807) is 0 Å². The molecular formula is C11H26BO3PSi. The molecule has 0 spiro atoms. The maximum atomic E-state index is 9.35. The van der Waals surface area contributed by atoms with Crippen LogP contribution < -0.4 is 0 Å². The third kappa shape index (κ3) is 3.77. The summed E-state index contributed by atoms with van der Waals surface area (Å²) in [5, 5.41) is 9.55.